The summed E-state index contributed by atoms with van der Waals surface area (Å²) < 4.78 is 0. The lowest BCUT2D eigenvalue weighted by Crippen LogP contribution is -2.73. The summed E-state index contributed by atoms with van der Waals surface area (Å²) in [6.45, 7) is 7.96. The number of rotatable bonds is 8. The summed E-state index contributed by atoms with van der Waals surface area (Å²) in [6.07, 6.45) is 6.57. The Hall–Kier alpha value is -1.65. The van der Waals surface area contributed by atoms with E-state index in [9.17, 15) is 0 Å². The van der Waals surface area contributed by atoms with Gasteiger partial charge in [-0.05, 0) is 12.8 Å². The Morgan fingerprint density at radius 3 is 1.38 bits per heavy atom. The molecule has 1 saturated heterocycles. The van der Waals surface area contributed by atoms with Gasteiger partial charge in [-0.3, -0.25) is 0 Å². The second-order valence-corrected chi connectivity index (χ2v) is 17.4. The normalized spacial score (nSPS) is 25.7. The van der Waals surface area contributed by atoms with Crippen molar-refractivity contribution < 1.29 is 0 Å². The minimum Gasteiger partial charge on any atom is -0.103 e. The lowest BCUT2D eigenvalue weighted by Gasteiger charge is -2.55. The highest BCUT2D eigenvalue weighted by Gasteiger charge is 2.57. The zero-order valence-corrected chi connectivity index (χ0v) is 16.6. The van der Waals surface area contributed by atoms with Crippen LogP contribution in [0, 0.1) is 0 Å². The van der Waals surface area contributed by atoms with Gasteiger partial charge in [-0.25, -0.2) is 0 Å². The Labute approximate surface area is 149 Å². The van der Waals surface area contributed by atoms with Crippen molar-refractivity contribution in [2.45, 2.75) is 36.3 Å². The Kier molecular flexibility index (Phi) is 5.37. The van der Waals surface area contributed by atoms with E-state index in [-0.39, 0.29) is 0 Å². The lowest BCUT2D eigenvalue weighted by atomic mass is 10.4. The molecule has 0 bridgehead atoms. The highest BCUT2D eigenvalue weighted by atomic mass is 28.5. The summed E-state index contributed by atoms with van der Waals surface area (Å²) in [6, 6.07) is 25.5. The van der Waals surface area contributed by atoms with E-state index in [1.807, 2.05) is 0 Å². The van der Waals surface area contributed by atoms with Crippen LogP contribution in [-0.2, 0) is 0 Å². The summed E-state index contributed by atoms with van der Waals surface area (Å²) in [5.41, 5.74) is 3.02. The van der Waals surface area contributed by atoms with Crippen LogP contribution in [0.3, 0.4) is 0 Å². The zero-order valence-electron chi connectivity index (χ0n) is 14.6. The maximum absolute atomic E-state index is 3.98. The molecular formula is C22H28Si2. The van der Waals surface area contributed by atoms with Crippen molar-refractivity contribution in [1.82, 2.24) is 0 Å². The molecule has 0 radical (unpaired) electrons. The average Bonchev–Trinajstić information content (AvgIpc) is 2.62. The van der Waals surface area contributed by atoms with Gasteiger partial charge in [-0.2, -0.15) is 0 Å². The van der Waals surface area contributed by atoms with Gasteiger partial charge in [0.2, 0.25) is 0 Å². The second kappa shape index (κ2) is 7.50. The predicted molar refractivity (Wildman–Crippen MR) is 113 cm³/mol. The zero-order chi connectivity index (χ0) is 16.9. The number of allylic oxidation sites excluding steroid dienone is 2. The molecule has 0 atom stereocenters. The van der Waals surface area contributed by atoms with Gasteiger partial charge in [-0.15, -0.1) is 13.2 Å². The van der Waals surface area contributed by atoms with E-state index in [0.717, 1.165) is 0 Å². The first-order chi connectivity index (χ1) is 11.7. The van der Waals surface area contributed by atoms with Gasteiger partial charge in [-0.1, -0.05) is 107 Å². The van der Waals surface area contributed by atoms with E-state index in [2.05, 4.69) is 86.0 Å². The predicted octanol–water partition coefficient (Wildman–Crippen LogP) is 4.94. The van der Waals surface area contributed by atoms with Crippen LogP contribution in [0.1, 0.15) is 12.8 Å². The van der Waals surface area contributed by atoms with Gasteiger partial charge in [0.25, 0.3) is 0 Å². The maximum Gasteiger partial charge on any atom is 0.0825 e. The molecule has 1 fully saturated rings. The van der Waals surface area contributed by atoms with E-state index in [1.54, 1.807) is 10.4 Å². The van der Waals surface area contributed by atoms with Crippen LogP contribution in [0.4, 0.5) is 0 Å². The van der Waals surface area contributed by atoms with Gasteiger partial charge in [0, 0.05) is 0 Å². The van der Waals surface area contributed by atoms with Crippen molar-refractivity contribution in [2.75, 3.05) is 0 Å². The number of hydrogen-bond acceptors (Lipinski definition) is 0. The molecule has 0 saturated carbocycles. The van der Waals surface area contributed by atoms with Crippen LogP contribution in [0.15, 0.2) is 86.0 Å². The first-order valence-corrected chi connectivity index (χ1v) is 14.3. The van der Waals surface area contributed by atoms with Gasteiger partial charge < -0.3 is 0 Å². The van der Waals surface area contributed by atoms with Crippen molar-refractivity contribution in [3.8, 4) is 0 Å². The smallest absolute Gasteiger partial charge is 0.0825 e. The highest BCUT2D eigenvalue weighted by molar-refractivity contribution is 7.23. The van der Waals surface area contributed by atoms with E-state index < -0.39 is 16.1 Å². The molecule has 1 heterocycles. The Morgan fingerprint density at radius 1 is 0.667 bits per heavy atom. The molecule has 2 aromatic rings. The van der Waals surface area contributed by atoms with Crippen LogP contribution in [0.5, 0.6) is 0 Å². The summed E-state index contributed by atoms with van der Waals surface area (Å²) in [5.74, 6) is 0. The molecule has 1 aliphatic heterocycles. The SMILES string of the molecule is C=CCC[Si]1(c2ccccc2)C[Si](CCC=C)(c2ccccc2)C1. The number of benzene rings is 2. The van der Waals surface area contributed by atoms with Crippen molar-refractivity contribution in [2.24, 2.45) is 0 Å². The van der Waals surface area contributed by atoms with Crippen molar-refractivity contribution in [3.05, 3.63) is 86.0 Å². The molecular weight excluding hydrogens is 320 g/mol. The molecule has 0 nitrogen and oxygen atoms in total. The maximum atomic E-state index is 3.98. The van der Waals surface area contributed by atoms with E-state index in [1.165, 1.54) is 36.3 Å². The third-order valence-electron chi connectivity index (χ3n) is 5.78. The standard InChI is InChI=1S/C22H28Si2/c1-3-5-17-23(21-13-9-7-10-14-21)19-24(20-23,18-6-4-2)22-15-11-8-12-16-22/h3-4,7-16H,1-2,5-6,17-20H2. The molecule has 0 N–H and O–H groups in total. The summed E-state index contributed by atoms with van der Waals surface area (Å²) in [7, 11) is -2.70. The van der Waals surface area contributed by atoms with Gasteiger partial charge in [0.05, 0.1) is 16.1 Å². The second-order valence-electron chi connectivity index (χ2n) is 7.30. The average molecular weight is 349 g/mol. The quantitative estimate of drug-likeness (QED) is 0.468. The molecule has 2 aromatic carbocycles. The topological polar surface area (TPSA) is 0 Å². The summed E-state index contributed by atoms with van der Waals surface area (Å²) >= 11 is 0. The van der Waals surface area contributed by atoms with Crippen molar-refractivity contribution in [1.29, 1.82) is 0 Å². The molecule has 0 spiro atoms. The molecule has 1 aliphatic rings. The van der Waals surface area contributed by atoms with E-state index in [0.29, 0.717) is 0 Å². The fourth-order valence-corrected chi connectivity index (χ4v) is 24.6. The fraction of sp³-hybridized carbons (Fsp3) is 0.273. The molecule has 0 aliphatic carbocycles. The molecule has 124 valence electrons. The molecule has 0 amide bonds. The molecule has 3 rings (SSSR count). The van der Waals surface area contributed by atoms with Crippen LogP contribution in [-0.4, -0.2) is 16.1 Å². The monoisotopic (exact) mass is 348 g/mol. The third-order valence-corrected chi connectivity index (χ3v) is 22.2. The van der Waals surface area contributed by atoms with Crippen LogP contribution in [0.2, 0.25) is 23.4 Å². The minimum atomic E-state index is -1.35. The van der Waals surface area contributed by atoms with E-state index in [4.69, 9.17) is 0 Å². The van der Waals surface area contributed by atoms with Crippen molar-refractivity contribution >= 4 is 26.5 Å². The van der Waals surface area contributed by atoms with Crippen LogP contribution < -0.4 is 10.4 Å². The number of hydrogen-bond donors (Lipinski definition) is 0. The minimum absolute atomic E-state index is 1.17. The Bertz CT molecular complexity index is 610. The molecule has 0 aromatic heterocycles. The van der Waals surface area contributed by atoms with Gasteiger partial charge in [0.15, 0.2) is 0 Å². The van der Waals surface area contributed by atoms with Gasteiger partial charge in [0.1, 0.15) is 0 Å². The Morgan fingerprint density at radius 2 is 1.04 bits per heavy atom. The van der Waals surface area contributed by atoms with Crippen LogP contribution >= 0.6 is 0 Å². The van der Waals surface area contributed by atoms with Gasteiger partial charge >= 0.3 is 0 Å². The third kappa shape index (κ3) is 3.26. The largest absolute Gasteiger partial charge is 0.103 e. The van der Waals surface area contributed by atoms with Crippen LogP contribution in [0.25, 0.3) is 0 Å². The fourth-order valence-electron chi connectivity index (χ4n) is 4.63. The first-order valence-electron chi connectivity index (χ1n) is 9.08. The summed E-state index contributed by atoms with van der Waals surface area (Å²) in [4.78, 5) is 0. The van der Waals surface area contributed by atoms with Crippen molar-refractivity contribution in [3.63, 3.8) is 0 Å². The molecule has 0 unspecified atom stereocenters. The Balaban J connectivity index is 1.92. The summed E-state index contributed by atoms with van der Waals surface area (Å²) in [5, 5.41) is 3.34. The van der Waals surface area contributed by atoms with E-state index >= 15 is 0 Å². The molecule has 2 heteroatoms. The first kappa shape index (κ1) is 17.2. The highest BCUT2D eigenvalue weighted by Crippen LogP contribution is 2.45. The molecule has 24 heavy (non-hydrogen) atoms. The lowest BCUT2D eigenvalue weighted by molar-refractivity contribution is 1.09.